The van der Waals surface area contributed by atoms with Crippen molar-refractivity contribution >= 4 is 11.6 Å². The summed E-state index contributed by atoms with van der Waals surface area (Å²) in [5, 5.41) is 0.437. The molecule has 0 atom stereocenters. The smallest absolute Gasteiger partial charge is 0.162 e. The molecule has 0 radical (unpaired) electrons. The Morgan fingerprint density at radius 1 is 1.06 bits per heavy atom. The number of rotatable bonds is 1. The van der Waals surface area contributed by atoms with Crippen LogP contribution in [0.15, 0.2) is 24.3 Å². The van der Waals surface area contributed by atoms with Gasteiger partial charge in [-0.15, -0.1) is 0 Å². The summed E-state index contributed by atoms with van der Waals surface area (Å²) in [5.74, 6) is 2.07. The number of hydrogen-bond donors (Lipinski definition) is 0. The van der Waals surface area contributed by atoms with Gasteiger partial charge in [-0.05, 0) is 31.2 Å². The molecule has 0 amide bonds. The number of aryl methyl sites for hydroxylation is 1. The van der Waals surface area contributed by atoms with Crippen molar-refractivity contribution in [2.45, 2.75) is 6.92 Å². The zero-order valence-electron chi connectivity index (χ0n) is 9.81. The van der Waals surface area contributed by atoms with Crippen LogP contribution >= 0.6 is 11.6 Å². The fourth-order valence-corrected chi connectivity index (χ4v) is 2.08. The molecule has 0 saturated heterocycles. The van der Waals surface area contributed by atoms with Gasteiger partial charge < -0.3 is 9.47 Å². The van der Waals surface area contributed by atoms with Crippen molar-refractivity contribution in [2.24, 2.45) is 0 Å². The number of hydrogen-bond acceptors (Lipinski definition) is 4. The lowest BCUT2D eigenvalue weighted by atomic mass is 10.2. The molecule has 2 heterocycles. The normalized spacial score (nSPS) is 13.4. The Labute approximate surface area is 110 Å². The first-order valence-corrected chi connectivity index (χ1v) is 6.01. The summed E-state index contributed by atoms with van der Waals surface area (Å²) in [6.45, 7) is 3.03. The van der Waals surface area contributed by atoms with Crippen LogP contribution in [0, 0.1) is 6.92 Å². The van der Waals surface area contributed by atoms with E-state index < -0.39 is 0 Å². The van der Waals surface area contributed by atoms with Gasteiger partial charge >= 0.3 is 0 Å². The lowest BCUT2D eigenvalue weighted by Crippen LogP contribution is -2.15. The van der Waals surface area contributed by atoms with Gasteiger partial charge in [-0.1, -0.05) is 11.6 Å². The van der Waals surface area contributed by atoms with Gasteiger partial charge in [-0.3, -0.25) is 0 Å². The zero-order chi connectivity index (χ0) is 12.5. The molecule has 0 aliphatic carbocycles. The minimum Gasteiger partial charge on any atom is -0.486 e. The molecule has 1 aliphatic heterocycles. The highest BCUT2D eigenvalue weighted by molar-refractivity contribution is 6.29. The number of halogens is 1. The van der Waals surface area contributed by atoms with Crippen LogP contribution in [0.25, 0.3) is 11.4 Å². The second-order valence-electron chi connectivity index (χ2n) is 4.01. The van der Waals surface area contributed by atoms with Crippen LogP contribution in [0.3, 0.4) is 0 Å². The van der Waals surface area contributed by atoms with E-state index >= 15 is 0 Å². The minimum atomic E-state index is 0.437. The predicted octanol–water partition coefficient (Wildman–Crippen LogP) is 2.88. The van der Waals surface area contributed by atoms with E-state index in [9.17, 15) is 0 Å². The summed E-state index contributed by atoms with van der Waals surface area (Å²) in [6.07, 6.45) is 0. The first-order valence-electron chi connectivity index (χ1n) is 5.63. The van der Waals surface area contributed by atoms with Crippen LogP contribution in [-0.2, 0) is 0 Å². The average molecular weight is 263 g/mol. The van der Waals surface area contributed by atoms with Gasteiger partial charge in [0.15, 0.2) is 17.3 Å². The predicted molar refractivity (Wildman–Crippen MR) is 68.2 cm³/mol. The number of benzene rings is 1. The molecular weight excluding hydrogens is 252 g/mol. The van der Waals surface area contributed by atoms with Gasteiger partial charge in [0.05, 0.1) is 0 Å². The van der Waals surface area contributed by atoms with Gasteiger partial charge in [0.25, 0.3) is 0 Å². The second kappa shape index (κ2) is 4.46. The maximum Gasteiger partial charge on any atom is 0.162 e. The van der Waals surface area contributed by atoms with Gasteiger partial charge in [0, 0.05) is 11.3 Å². The molecule has 0 unspecified atom stereocenters. The van der Waals surface area contributed by atoms with Gasteiger partial charge in [0.1, 0.15) is 18.4 Å². The molecule has 0 saturated carbocycles. The van der Waals surface area contributed by atoms with Crippen LogP contribution in [0.2, 0.25) is 5.15 Å². The highest BCUT2D eigenvalue weighted by Gasteiger charge is 2.13. The Morgan fingerprint density at radius 2 is 1.83 bits per heavy atom. The second-order valence-corrected chi connectivity index (χ2v) is 4.40. The Hall–Kier alpha value is -1.81. The first-order chi connectivity index (χ1) is 8.72. The third-order valence-corrected chi connectivity index (χ3v) is 2.82. The van der Waals surface area contributed by atoms with Crippen molar-refractivity contribution in [3.63, 3.8) is 0 Å². The zero-order valence-corrected chi connectivity index (χ0v) is 10.6. The first kappa shape index (κ1) is 11.3. The summed E-state index contributed by atoms with van der Waals surface area (Å²) < 4.78 is 11.0. The number of nitrogens with zero attached hydrogens (tertiary/aromatic N) is 2. The molecule has 0 spiro atoms. The maximum absolute atomic E-state index is 5.94. The number of fused-ring (bicyclic) bond motifs is 1. The SMILES string of the molecule is Cc1cc(Cl)nc(-c2ccc3c(c2)OCCO3)n1. The van der Waals surface area contributed by atoms with E-state index in [1.54, 1.807) is 6.07 Å². The topological polar surface area (TPSA) is 44.2 Å². The van der Waals surface area contributed by atoms with E-state index in [-0.39, 0.29) is 0 Å². The molecule has 1 aromatic heterocycles. The van der Waals surface area contributed by atoms with Crippen LogP contribution in [-0.4, -0.2) is 23.2 Å². The highest BCUT2D eigenvalue weighted by Crippen LogP contribution is 2.33. The molecule has 1 aromatic carbocycles. The van der Waals surface area contributed by atoms with E-state index in [1.165, 1.54) is 0 Å². The number of ether oxygens (including phenoxy) is 2. The third-order valence-electron chi connectivity index (χ3n) is 2.62. The summed E-state index contributed by atoms with van der Waals surface area (Å²) in [7, 11) is 0. The molecule has 0 bridgehead atoms. The Balaban J connectivity index is 2.06. The van der Waals surface area contributed by atoms with Gasteiger partial charge in [0.2, 0.25) is 0 Å². The van der Waals surface area contributed by atoms with E-state index in [0.717, 1.165) is 22.8 Å². The molecule has 0 N–H and O–H groups in total. The lowest BCUT2D eigenvalue weighted by molar-refractivity contribution is 0.171. The minimum absolute atomic E-state index is 0.437. The Kier molecular flexibility index (Phi) is 2.80. The highest BCUT2D eigenvalue weighted by atomic mass is 35.5. The molecule has 18 heavy (non-hydrogen) atoms. The fourth-order valence-electron chi connectivity index (χ4n) is 1.84. The summed E-state index contributed by atoms with van der Waals surface area (Å²) in [4.78, 5) is 8.57. The standard InChI is InChI=1S/C13H11ClN2O2/c1-8-6-12(14)16-13(15-8)9-2-3-10-11(7-9)18-5-4-17-10/h2-3,6-7H,4-5H2,1H3. The lowest BCUT2D eigenvalue weighted by Gasteiger charge is -2.18. The van der Waals surface area contributed by atoms with E-state index in [1.807, 2.05) is 25.1 Å². The number of aromatic nitrogens is 2. The van der Waals surface area contributed by atoms with Crippen molar-refractivity contribution in [3.8, 4) is 22.9 Å². The quantitative estimate of drug-likeness (QED) is 0.742. The van der Waals surface area contributed by atoms with E-state index in [2.05, 4.69) is 9.97 Å². The van der Waals surface area contributed by atoms with E-state index in [0.29, 0.717) is 24.2 Å². The molecule has 4 nitrogen and oxygen atoms in total. The van der Waals surface area contributed by atoms with E-state index in [4.69, 9.17) is 21.1 Å². The van der Waals surface area contributed by atoms with Gasteiger partial charge in [-0.2, -0.15) is 0 Å². The Morgan fingerprint density at radius 3 is 2.61 bits per heavy atom. The largest absolute Gasteiger partial charge is 0.486 e. The van der Waals surface area contributed by atoms with Crippen molar-refractivity contribution in [1.82, 2.24) is 9.97 Å². The van der Waals surface area contributed by atoms with Crippen molar-refractivity contribution in [3.05, 3.63) is 35.1 Å². The fraction of sp³-hybridized carbons (Fsp3) is 0.231. The van der Waals surface area contributed by atoms with Crippen LogP contribution < -0.4 is 9.47 Å². The van der Waals surface area contributed by atoms with Crippen LogP contribution in [0.4, 0.5) is 0 Å². The summed E-state index contributed by atoms with van der Waals surface area (Å²) in [6, 6.07) is 7.37. The summed E-state index contributed by atoms with van der Waals surface area (Å²) in [5.41, 5.74) is 1.70. The van der Waals surface area contributed by atoms with Crippen molar-refractivity contribution < 1.29 is 9.47 Å². The van der Waals surface area contributed by atoms with Crippen molar-refractivity contribution in [1.29, 1.82) is 0 Å². The molecular formula is C13H11ClN2O2. The summed E-state index contributed by atoms with van der Waals surface area (Å²) >= 11 is 5.94. The molecule has 92 valence electrons. The monoisotopic (exact) mass is 262 g/mol. The van der Waals surface area contributed by atoms with Crippen molar-refractivity contribution in [2.75, 3.05) is 13.2 Å². The maximum atomic E-state index is 5.94. The molecule has 5 heteroatoms. The molecule has 0 fully saturated rings. The average Bonchev–Trinajstić information content (AvgIpc) is 2.37. The molecule has 2 aromatic rings. The van der Waals surface area contributed by atoms with Crippen LogP contribution in [0.1, 0.15) is 5.69 Å². The molecule has 1 aliphatic rings. The Bertz CT molecular complexity index is 581. The molecule has 3 rings (SSSR count). The van der Waals surface area contributed by atoms with Crippen LogP contribution in [0.5, 0.6) is 11.5 Å². The van der Waals surface area contributed by atoms with Gasteiger partial charge in [-0.25, -0.2) is 9.97 Å². The third kappa shape index (κ3) is 2.11.